The van der Waals surface area contributed by atoms with Gasteiger partial charge in [0.05, 0.1) is 0 Å². The van der Waals surface area contributed by atoms with Gasteiger partial charge >= 0.3 is 0 Å². The van der Waals surface area contributed by atoms with Crippen molar-refractivity contribution in [3.63, 3.8) is 0 Å². The molecule has 0 aliphatic carbocycles. The molecule has 0 saturated heterocycles. The molecule has 3 heteroatoms. The quantitative estimate of drug-likeness (QED) is 0.549. The van der Waals surface area contributed by atoms with E-state index in [0.29, 0.717) is 0 Å². The standard InChI is InChI=1S/C12H11ClSi.H2O/c13-14(11-7-3-1-4-8-11)12-9-5-2-6-10-12;/h1-10,14H;1H2. The van der Waals surface area contributed by atoms with Crippen LogP contribution in [0.25, 0.3) is 0 Å². The molecule has 0 aromatic heterocycles. The number of hydrogen-bond acceptors (Lipinski definition) is 0. The second kappa shape index (κ2) is 5.71. The zero-order valence-electron chi connectivity index (χ0n) is 8.23. The predicted molar refractivity (Wildman–Crippen MR) is 68.8 cm³/mol. The Bertz CT molecular complexity index is 351. The zero-order chi connectivity index (χ0) is 9.80. The molecule has 0 fully saturated rings. The summed E-state index contributed by atoms with van der Waals surface area (Å²) in [6.07, 6.45) is 0. The molecule has 15 heavy (non-hydrogen) atoms. The lowest BCUT2D eigenvalue weighted by molar-refractivity contribution is 0.824. The molecule has 2 aromatic carbocycles. The van der Waals surface area contributed by atoms with E-state index >= 15 is 0 Å². The first-order chi connectivity index (χ1) is 6.88. The van der Waals surface area contributed by atoms with Gasteiger partial charge in [-0.15, -0.1) is 0 Å². The number of benzene rings is 2. The number of hydrogen-bond donors (Lipinski definition) is 0. The summed E-state index contributed by atoms with van der Waals surface area (Å²) in [4.78, 5) is 0. The minimum atomic E-state index is -1.45. The average Bonchev–Trinajstić information content (AvgIpc) is 2.30. The summed E-state index contributed by atoms with van der Waals surface area (Å²) in [5.41, 5.74) is 0. The monoisotopic (exact) mass is 236 g/mol. The molecule has 2 aromatic rings. The van der Waals surface area contributed by atoms with Crippen LogP contribution in [0, 0.1) is 0 Å². The maximum atomic E-state index is 6.47. The average molecular weight is 237 g/mol. The highest BCUT2D eigenvalue weighted by Gasteiger charge is 2.11. The molecule has 0 spiro atoms. The lowest BCUT2D eigenvalue weighted by atomic mass is 10.4. The van der Waals surface area contributed by atoms with Gasteiger partial charge in [-0.05, 0) is 10.4 Å². The summed E-state index contributed by atoms with van der Waals surface area (Å²) >= 11 is 6.47. The van der Waals surface area contributed by atoms with E-state index in [1.807, 2.05) is 36.4 Å². The Morgan fingerprint density at radius 3 is 1.33 bits per heavy atom. The Morgan fingerprint density at radius 2 is 1.00 bits per heavy atom. The van der Waals surface area contributed by atoms with Gasteiger partial charge in [0.1, 0.15) is 0 Å². The van der Waals surface area contributed by atoms with Crippen molar-refractivity contribution in [3.8, 4) is 0 Å². The second-order valence-corrected chi connectivity index (χ2v) is 6.55. The van der Waals surface area contributed by atoms with Crippen molar-refractivity contribution in [1.82, 2.24) is 0 Å². The van der Waals surface area contributed by atoms with Crippen LogP contribution in [0.5, 0.6) is 0 Å². The van der Waals surface area contributed by atoms with E-state index in [1.165, 1.54) is 10.4 Å². The Kier molecular flexibility index (Phi) is 4.56. The molecule has 0 amide bonds. The maximum absolute atomic E-state index is 6.47. The van der Waals surface area contributed by atoms with Gasteiger partial charge in [0, 0.05) is 0 Å². The molecular weight excluding hydrogens is 224 g/mol. The summed E-state index contributed by atoms with van der Waals surface area (Å²) in [5, 5.41) is 2.56. The van der Waals surface area contributed by atoms with Crippen LogP contribution in [0.4, 0.5) is 0 Å². The largest absolute Gasteiger partial charge is 0.412 e. The first kappa shape index (κ1) is 12.0. The molecule has 0 aliphatic heterocycles. The summed E-state index contributed by atoms with van der Waals surface area (Å²) < 4.78 is 0. The van der Waals surface area contributed by atoms with E-state index in [-0.39, 0.29) is 5.48 Å². The fourth-order valence-corrected chi connectivity index (χ4v) is 3.81. The summed E-state index contributed by atoms with van der Waals surface area (Å²) in [5.74, 6) is 0. The van der Waals surface area contributed by atoms with Crippen LogP contribution in [0.2, 0.25) is 0 Å². The summed E-state index contributed by atoms with van der Waals surface area (Å²) in [6, 6.07) is 20.6. The van der Waals surface area contributed by atoms with E-state index in [0.717, 1.165) is 0 Å². The fourth-order valence-electron chi connectivity index (χ4n) is 1.44. The van der Waals surface area contributed by atoms with Crippen molar-refractivity contribution >= 4 is 29.6 Å². The highest BCUT2D eigenvalue weighted by atomic mass is 35.6. The Morgan fingerprint density at radius 1 is 0.667 bits per heavy atom. The molecule has 0 saturated carbocycles. The van der Waals surface area contributed by atoms with Crippen LogP contribution in [0.3, 0.4) is 0 Å². The van der Waals surface area contributed by atoms with E-state index < -0.39 is 8.11 Å². The molecule has 0 radical (unpaired) electrons. The molecule has 1 nitrogen and oxygen atoms in total. The Labute approximate surface area is 96.0 Å². The molecule has 0 aliphatic rings. The van der Waals surface area contributed by atoms with Crippen molar-refractivity contribution in [2.45, 2.75) is 0 Å². The van der Waals surface area contributed by atoms with Gasteiger partial charge in [0.25, 0.3) is 0 Å². The van der Waals surface area contributed by atoms with Gasteiger partial charge < -0.3 is 5.48 Å². The Hall–Kier alpha value is -1.09. The molecular formula is C12H13ClOSi. The molecule has 2 rings (SSSR count). The minimum Gasteiger partial charge on any atom is -0.412 e. The van der Waals surface area contributed by atoms with Crippen LogP contribution >= 0.6 is 11.1 Å². The third-order valence-corrected chi connectivity index (χ3v) is 5.64. The summed E-state index contributed by atoms with van der Waals surface area (Å²) in [7, 11) is -1.45. The minimum absolute atomic E-state index is 0. The maximum Gasteiger partial charge on any atom is 0.201 e. The van der Waals surface area contributed by atoms with Gasteiger partial charge in [-0.25, -0.2) is 0 Å². The van der Waals surface area contributed by atoms with Crippen LogP contribution in [-0.2, 0) is 0 Å². The van der Waals surface area contributed by atoms with Gasteiger partial charge in [-0.1, -0.05) is 60.7 Å². The van der Waals surface area contributed by atoms with E-state index in [1.54, 1.807) is 0 Å². The van der Waals surface area contributed by atoms with Gasteiger partial charge in [-0.2, -0.15) is 11.1 Å². The van der Waals surface area contributed by atoms with Crippen molar-refractivity contribution in [1.29, 1.82) is 0 Å². The van der Waals surface area contributed by atoms with Crippen LogP contribution in [0.15, 0.2) is 60.7 Å². The van der Waals surface area contributed by atoms with E-state index in [4.69, 9.17) is 11.1 Å². The Balaban J connectivity index is 0.00000112. The lowest BCUT2D eigenvalue weighted by Gasteiger charge is -2.07. The smallest absolute Gasteiger partial charge is 0.201 e. The molecule has 0 heterocycles. The first-order valence-corrected chi connectivity index (χ1v) is 7.52. The second-order valence-electron chi connectivity index (χ2n) is 3.18. The van der Waals surface area contributed by atoms with Crippen molar-refractivity contribution in [3.05, 3.63) is 60.7 Å². The van der Waals surface area contributed by atoms with Gasteiger partial charge in [0.2, 0.25) is 8.11 Å². The topological polar surface area (TPSA) is 31.5 Å². The first-order valence-electron chi connectivity index (χ1n) is 4.62. The van der Waals surface area contributed by atoms with E-state index in [2.05, 4.69) is 24.3 Å². The van der Waals surface area contributed by atoms with E-state index in [9.17, 15) is 0 Å². The third-order valence-electron chi connectivity index (χ3n) is 2.18. The fraction of sp³-hybridized carbons (Fsp3) is 0. The van der Waals surface area contributed by atoms with Crippen molar-refractivity contribution < 1.29 is 5.48 Å². The van der Waals surface area contributed by atoms with Crippen molar-refractivity contribution in [2.75, 3.05) is 0 Å². The summed E-state index contributed by atoms with van der Waals surface area (Å²) in [6.45, 7) is 0. The highest BCUT2D eigenvalue weighted by molar-refractivity contribution is 7.21. The molecule has 0 bridgehead atoms. The third kappa shape index (κ3) is 2.93. The van der Waals surface area contributed by atoms with Crippen molar-refractivity contribution in [2.24, 2.45) is 0 Å². The SMILES string of the molecule is Cl[SiH](c1ccccc1)c1ccccc1.O. The van der Waals surface area contributed by atoms with Gasteiger partial charge in [-0.3, -0.25) is 0 Å². The molecule has 0 unspecified atom stereocenters. The van der Waals surface area contributed by atoms with Gasteiger partial charge in [0.15, 0.2) is 0 Å². The normalized spacial score (nSPS) is 9.73. The molecule has 2 N–H and O–H groups in total. The molecule has 0 atom stereocenters. The number of halogens is 1. The predicted octanol–water partition coefficient (Wildman–Crippen LogP) is 0.939. The zero-order valence-corrected chi connectivity index (χ0v) is 10.1. The van der Waals surface area contributed by atoms with Crippen LogP contribution in [0.1, 0.15) is 0 Å². The van der Waals surface area contributed by atoms with Crippen LogP contribution < -0.4 is 10.4 Å². The molecule has 78 valence electrons. The number of rotatable bonds is 2. The highest BCUT2D eigenvalue weighted by Crippen LogP contribution is 1.95. The lowest BCUT2D eigenvalue weighted by Crippen LogP contribution is -2.36. The van der Waals surface area contributed by atoms with Crippen LogP contribution in [-0.4, -0.2) is 13.6 Å².